The first kappa shape index (κ1) is 17.5. The van der Waals surface area contributed by atoms with E-state index < -0.39 is 0 Å². The Kier molecular flexibility index (Phi) is 5.54. The zero-order valence-electron chi connectivity index (χ0n) is 14.7. The van der Waals surface area contributed by atoms with Gasteiger partial charge in [-0.25, -0.2) is 0 Å². The Bertz CT molecular complexity index is 920. The number of nitrogens with zero attached hydrogens (tertiary/aromatic N) is 1. The minimum atomic E-state index is -0.129. The van der Waals surface area contributed by atoms with Crippen LogP contribution in [-0.4, -0.2) is 11.7 Å². The maximum Gasteiger partial charge on any atom is 0.290 e. The normalized spacial score (nSPS) is 10.3. The summed E-state index contributed by atoms with van der Waals surface area (Å²) in [4.78, 5) is 23.9. The molecule has 0 fully saturated rings. The first-order valence-electron chi connectivity index (χ1n) is 8.53. The molecule has 0 radical (unpaired) electrons. The standard InChI is InChI=1S/C22H20N2O2/c1-17(25)20-11-7-13-24(15-20)16-22(26)23-21-12-6-5-10-19(21)14-18-8-3-2-4-9-18/h2-13,15H,14,16H2,1H3/p+1. The first-order valence-corrected chi connectivity index (χ1v) is 8.53. The summed E-state index contributed by atoms with van der Waals surface area (Å²) in [6, 6.07) is 21.5. The van der Waals surface area contributed by atoms with E-state index in [0.717, 1.165) is 17.7 Å². The minimum Gasteiger partial charge on any atom is -0.320 e. The summed E-state index contributed by atoms with van der Waals surface area (Å²) in [6.45, 7) is 1.67. The van der Waals surface area contributed by atoms with Crippen LogP contribution in [0.2, 0.25) is 0 Å². The molecule has 0 spiro atoms. The second-order valence-electron chi connectivity index (χ2n) is 6.19. The lowest BCUT2D eigenvalue weighted by molar-refractivity contribution is -0.684. The quantitative estimate of drug-likeness (QED) is 0.550. The molecule has 1 N–H and O–H groups in total. The molecule has 26 heavy (non-hydrogen) atoms. The van der Waals surface area contributed by atoms with E-state index in [1.807, 2.05) is 42.5 Å². The smallest absolute Gasteiger partial charge is 0.290 e. The Labute approximate surface area is 153 Å². The van der Waals surface area contributed by atoms with Crippen LogP contribution < -0.4 is 9.88 Å². The van der Waals surface area contributed by atoms with Gasteiger partial charge in [-0.1, -0.05) is 48.5 Å². The highest BCUT2D eigenvalue weighted by molar-refractivity contribution is 5.93. The average molecular weight is 345 g/mol. The van der Waals surface area contributed by atoms with Crippen LogP contribution >= 0.6 is 0 Å². The largest absolute Gasteiger partial charge is 0.320 e. The molecule has 130 valence electrons. The topological polar surface area (TPSA) is 50.0 Å². The summed E-state index contributed by atoms with van der Waals surface area (Å²) < 4.78 is 1.71. The minimum absolute atomic E-state index is 0.0204. The highest BCUT2D eigenvalue weighted by Gasteiger charge is 2.13. The number of amides is 1. The molecular formula is C22H21N2O2+. The van der Waals surface area contributed by atoms with E-state index in [0.29, 0.717) is 5.56 Å². The Balaban J connectivity index is 1.72. The van der Waals surface area contributed by atoms with Crippen molar-refractivity contribution < 1.29 is 14.2 Å². The molecule has 1 amide bonds. The number of ketones is 1. The van der Waals surface area contributed by atoms with E-state index in [-0.39, 0.29) is 18.2 Å². The molecule has 4 heteroatoms. The molecule has 0 saturated carbocycles. The SMILES string of the molecule is CC(=O)c1ccc[n+](CC(=O)Nc2ccccc2Cc2ccccc2)c1. The number of hydrogen-bond acceptors (Lipinski definition) is 2. The van der Waals surface area contributed by atoms with Crippen LogP contribution in [0.15, 0.2) is 79.1 Å². The molecule has 0 bridgehead atoms. The van der Waals surface area contributed by atoms with Crippen molar-refractivity contribution in [2.24, 2.45) is 0 Å². The van der Waals surface area contributed by atoms with Gasteiger partial charge in [0, 0.05) is 11.8 Å². The number of aromatic nitrogens is 1. The van der Waals surface area contributed by atoms with Gasteiger partial charge in [-0.2, -0.15) is 4.57 Å². The zero-order valence-corrected chi connectivity index (χ0v) is 14.7. The fourth-order valence-corrected chi connectivity index (χ4v) is 2.80. The zero-order chi connectivity index (χ0) is 18.4. The second kappa shape index (κ2) is 8.21. The van der Waals surface area contributed by atoms with Crippen molar-refractivity contribution in [1.82, 2.24) is 0 Å². The van der Waals surface area contributed by atoms with Gasteiger partial charge in [0.15, 0.2) is 18.2 Å². The highest BCUT2D eigenvalue weighted by atomic mass is 16.2. The van der Waals surface area contributed by atoms with Crippen LogP contribution in [0, 0.1) is 0 Å². The molecule has 0 aliphatic rings. The number of carbonyl (C=O) groups excluding carboxylic acids is 2. The van der Waals surface area contributed by atoms with Crippen molar-refractivity contribution in [2.45, 2.75) is 19.9 Å². The third-order valence-corrected chi connectivity index (χ3v) is 4.12. The molecule has 1 heterocycles. The molecule has 3 rings (SSSR count). The van der Waals surface area contributed by atoms with Crippen molar-refractivity contribution >= 4 is 17.4 Å². The van der Waals surface area contributed by atoms with Gasteiger partial charge in [0.05, 0.1) is 5.56 Å². The predicted octanol–water partition coefficient (Wildman–Crippen LogP) is 3.41. The van der Waals surface area contributed by atoms with Crippen molar-refractivity contribution in [3.8, 4) is 0 Å². The molecule has 0 unspecified atom stereocenters. The van der Waals surface area contributed by atoms with E-state index in [2.05, 4.69) is 17.4 Å². The van der Waals surface area contributed by atoms with Crippen LogP contribution in [0.3, 0.4) is 0 Å². The fraction of sp³-hybridized carbons (Fsp3) is 0.136. The number of hydrogen-bond donors (Lipinski definition) is 1. The summed E-state index contributed by atoms with van der Waals surface area (Å²) in [5, 5.41) is 2.98. The summed E-state index contributed by atoms with van der Waals surface area (Å²) >= 11 is 0. The van der Waals surface area contributed by atoms with Gasteiger partial charge >= 0.3 is 0 Å². The summed E-state index contributed by atoms with van der Waals surface area (Å²) in [5.74, 6) is -0.149. The summed E-state index contributed by atoms with van der Waals surface area (Å²) in [7, 11) is 0. The molecule has 0 atom stereocenters. The molecule has 2 aromatic carbocycles. The van der Waals surface area contributed by atoms with Crippen molar-refractivity contribution in [1.29, 1.82) is 0 Å². The first-order chi connectivity index (χ1) is 12.6. The van der Waals surface area contributed by atoms with Crippen molar-refractivity contribution in [3.63, 3.8) is 0 Å². The summed E-state index contributed by atoms with van der Waals surface area (Å²) in [6.07, 6.45) is 4.23. The van der Waals surface area contributed by atoms with Crippen molar-refractivity contribution in [2.75, 3.05) is 5.32 Å². The van der Waals surface area contributed by atoms with E-state index in [4.69, 9.17) is 0 Å². The summed E-state index contributed by atoms with van der Waals surface area (Å²) in [5.41, 5.74) is 3.65. The van der Waals surface area contributed by atoms with Crippen LogP contribution in [0.5, 0.6) is 0 Å². The van der Waals surface area contributed by atoms with Gasteiger partial charge in [-0.3, -0.25) is 9.59 Å². The lowest BCUT2D eigenvalue weighted by Gasteiger charge is -2.10. The predicted molar refractivity (Wildman–Crippen MR) is 101 cm³/mol. The molecule has 3 aromatic rings. The number of nitrogens with one attached hydrogen (secondary N) is 1. The Morgan fingerprint density at radius 3 is 2.42 bits per heavy atom. The molecule has 0 aliphatic heterocycles. The maximum absolute atomic E-state index is 12.5. The average Bonchev–Trinajstić information content (AvgIpc) is 2.64. The Hall–Kier alpha value is -3.27. The van der Waals surface area contributed by atoms with Crippen LogP contribution in [0.25, 0.3) is 0 Å². The Morgan fingerprint density at radius 1 is 0.923 bits per heavy atom. The monoisotopic (exact) mass is 345 g/mol. The molecule has 0 aliphatic carbocycles. The van der Waals surface area contributed by atoms with E-state index in [9.17, 15) is 9.59 Å². The maximum atomic E-state index is 12.5. The highest BCUT2D eigenvalue weighted by Crippen LogP contribution is 2.19. The van der Waals surface area contributed by atoms with E-state index >= 15 is 0 Å². The number of benzene rings is 2. The number of Topliss-reactive ketones (excluding diaryl/α,β-unsaturated/α-hetero) is 1. The molecule has 4 nitrogen and oxygen atoms in total. The van der Waals surface area contributed by atoms with Crippen LogP contribution in [-0.2, 0) is 17.8 Å². The van der Waals surface area contributed by atoms with Gasteiger partial charge in [0.25, 0.3) is 5.91 Å². The third-order valence-electron chi connectivity index (χ3n) is 4.12. The number of pyridine rings is 1. The number of para-hydroxylation sites is 1. The van der Waals surface area contributed by atoms with Gasteiger partial charge in [-0.05, 0) is 36.6 Å². The molecule has 0 saturated heterocycles. The van der Waals surface area contributed by atoms with Gasteiger partial charge in [0.1, 0.15) is 0 Å². The third kappa shape index (κ3) is 4.63. The number of carbonyl (C=O) groups is 2. The van der Waals surface area contributed by atoms with Crippen LogP contribution in [0.4, 0.5) is 5.69 Å². The van der Waals surface area contributed by atoms with Gasteiger partial charge in [-0.15, -0.1) is 0 Å². The van der Waals surface area contributed by atoms with E-state index in [1.54, 1.807) is 29.1 Å². The number of rotatable bonds is 6. The lowest BCUT2D eigenvalue weighted by Crippen LogP contribution is -2.40. The fourth-order valence-electron chi connectivity index (χ4n) is 2.80. The number of anilines is 1. The molecular weight excluding hydrogens is 324 g/mol. The van der Waals surface area contributed by atoms with E-state index in [1.165, 1.54) is 12.5 Å². The van der Waals surface area contributed by atoms with Gasteiger partial charge < -0.3 is 5.32 Å². The Morgan fingerprint density at radius 2 is 1.65 bits per heavy atom. The van der Waals surface area contributed by atoms with Gasteiger partial charge in [0.2, 0.25) is 6.54 Å². The van der Waals surface area contributed by atoms with Crippen LogP contribution in [0.1, 0.15) is 28.4 Å². The lowest BCUT2D eigenvalue weighted by atomic mass is 10.0. The molecule has 1 aromatic heterocycles. The second-order valence-corrected chi connectivity index (χ2v) is 6.19. The van der Waals surface area contributed by atoms with Crippen molar-refractivity contribution in [3.05, 3.63) is 95.8 Å².